The fourth-order valence-electron chi connectivity index (χ4n) is 2.66. The van der Waals surface area contributed by atoms with Gasteiger partial charge < -0.3 is 5.32 Å². The highest BCUT2D eigenvalue weighted by molar-refractivity contribution is 9.10. The zero-order chi connectivity index (χ0) is 18.7. The number of aryl methyl sites for hydroxylation is 2. The SMILES string of the molecule is Cc1nn(CCC(=O)Nc2cnn(Cc3cccc(F)c3)c2)c(C)c1Br. The molecule has 0 saturated heterocycles. The third-order valence-corrected chi connectivity index (χ3v) is 5.14. The molecule has 0 radical (unpaired) electrons. The number of anilines is 1. The van der Waals surface area contributed by atoms with Gasteiger partial charge in [0.05, 0.1) is 35.1 Å². The van der Waals surface area contributed by atoms with E-state index in [1.807, 2.05) is 24.6 Å². The molecule has 3 aromatic rings. The molecule has 1 amide bonds. The zero-order valence-corrected chi connectivity index (χ0v) is 16.1. The monoisotopic (exact) mass is 419 g/mol. The summed E-state index contributed by atoms with van der Waals surface area (Å²) in [5.74, 6) is -0.391. The molecule has 0 spiro atoms. The fraction of sp³-hybridized carbons (Fsp3) is 0.278. The Bertz CT molecular complexity index is 934. The van der Waals surface area contributed by atoms with Crippen LogP contribution in [0.1, 0.15) is 23.4 Å². The number of carbonyl (C=O) groups is 1. The predicted molar refractivity (Wildman–Crippen MR) is 100 cm³/mol. The molecule has 1 aromatic carbocycles. The van der Waals surface area contributed by atoms with Gasteiger partial charge >= 0.3 is 0 Å². The van der Waals surface area contributed by atoms with Gasteiger partial charge in [-0.05, 0) is 47.5 Å². The van der Waals surface area contributed by atoms with Gasteiger partial charge in [0.25, 0.3) is 0 Å². The third-order valence-electron chi connectivity index (χ3n) is 3.99. The molecule has 0 aliphatic heterocycles. The van der Waals surface area contributed by atoms with Gasteiger partial charge in [-0.25, -0.2) is 4.39 Å². The maximum absolute atomic E-state index is 13.2. The van der Waals surface area contributed by atoms with E-state index in [-0.39, 0.29) is 11.7 Å². The van der Waals surface area contributed by atoms with Crippen LogP contribution in [0.4, 0.5) is 10.1 Å². The number of rotatable bonds is 6. The molecule has 0 unspecified atom stereocenters. The molecule has 8 heteroatoms. The molecular formula is C18H19BrFN5O. The van der Waals surface area contributed by atoms with E-state index < -0.39 is 0 Å². The molecule has 0 atom stereocenters. The van der Waals surface area contributed by atoms with Gasteiger partial charge in [0.1, 0.15) is 5.82 Å². The van der Waals surface area contributed by atoms with Crippen LogP contribution in [0.15, 0.2) is 41.1 Å². The van der Waals surface area contributed by atoms with E-state index in [2.05, 4.69) is 31.4 Å². The van der Waals surface area contributed by atoms with Gasteiger partial charge in [-0.2, -0.15) is 10.2 Å². The second kappa shape index (κ2) is 7.82. The van der Waals surface area contributed by atoms with Crippen LogP contribution in [-0.4, -0.2) is 25.5 Å². The fourth-order valence-corrected chi connectivity index (χ4v) is 2.94. The first-order chi connectivity index (χ1) is 12.4. The van der Waals surface area contributed by atoms with Crippen molar-refractivity contribution < 1.29 is 9.18 Å². The lowest BCUT2D eigenvalue weighted by molar-refractivity contribution is -0.116. The standard InChI is InChI=1S/C18H19BrFN5O/c1-12-18(19)13(2)25(23-12)7-6-17(26)22-16-9-21-24(11-16)10-14-4-3-5-15(20)8-14/h3-5,8-9,11H,6-7,10H2,1-2H3,(H,22,26). The van der Waals surface area contributed by atoms with E-state index in [1.165, 1.54) is 12.1 Å². The number of nitrogens with one attached hydrogen (secondary N) is 1. The van der Waals surface area contributed by atoms with Crippen LogP contribution in [0.2, 0.25) is 0 Å². The van der Waals surface area contributed by atoms with E-state index in [0.717, 1.165) is 21.4 Å². The Morgan fingerprint density at radius 1 is 1.35 bits per heavy atom. The topological polar surface area (TPSA) is 64.7 Å². The Morgan fingerprint density at radius 2 is 2.15 bits per heavy atom. The molecule has 1 N–H and O–H groups in total. The third kappa shape index (κ3) is 4.37. The molecule has 6 nitrogen and oxygen atoms in total. The van der Waals surface area contributed by atoms with Crippen LogP contribution < -0.4 is 5.32 Å². The lowest BCUT2D eigenvalue weighted by Crippen LogP contribution is -2.15. The summed E-state index contributed by atoms with van der Waals surface area (Å²) in [6.07, 6.45) is 3.61. The lowest BCUT2D eigenvalue weighted by atomic mass is 10.2. The summed E-state index contributed by atoms with van der Waals surface area (Å²) in [6, 6.07) is 6.36. The predicted octanol–water partition coefficient (Wildman–Crippen LogP) is 3.68. The van der Waals surface area contributed by atoms with Gasteiger partial charge in [-0.15, -0.1) is 0 Å². The zero-order valence-electron chi connectivity index (χ0n) is 14.5. The molecule has 0 fully saturated rings. The van der Waals surface area contributed by atoms with E-state index in [4.69, 9.17) is 0 Å². The lowest BCUT2D eigenvalue weighted by Gasteiger charge is -2.05. The van der Waals surface area contributed by atoms with Crippen LogP contribution in [-0.2, 0) is 17.9 Å². The minimum Gasteiger partial charge on any atom is -0.323 e. The minimum absolute atomic E-state index is 0.112. The van der Waals surface area contributed by atoms with Gasteiger partial charge in [0, 0.05) is 18.3 Å². The first-order valence-electron chi connectivity index (χ1n) is 8.18. The number of hydrogen-bond donors (Lipinski definition) is 1. The molecule has 0 aliphatic carbocycles. The van der Waals surface area contributed by atoms with Crippen molar-refractivity contribution in [2.75, 3.05) is 5.32 Å². The number of benzene rings is 1. The molecule has 2 heterocycles. The van der Waals surface area contributed by atoms with Crippen LogP contribution in [0, 0.1) is 19.7 Å². The van der Waals surface area contributed by atoms with Crippen molar-refractivity contribution in [1.82, 2.24) is 19.6 Å². The Labute approximate surface area is 159 Å². The Hall–Kier alpha value is -2.48. The Balaban J connectivity index is 1.55. The summed E-state index contributed by atoms with van der Waals surface area (Å²) < 4.78 is 17.7. The van der Waals surface area contributed by atoms with Crippen LogP contribution in [0.3, 0.4) is 0 Å². The van der Waals surface area contributed by atoms with Crippen LogP contribution in [0.5, 0.6) is 0 Å². The summed E-state index contributed by atoms with van der Waals surface area (Å²) in [5, 5.41) is 11.4. The van der Waals surface area contributed by atoms with E-state index in [9.17, 15) is 9.18 Å². The highest BCUT2D eigenvalue weighted by atomic mass is 79.9. The molecule has 0 saturated carbocycles. The number of carbonyl (C=O) groups excluding carboxylic acids is 1. The molecule has 2 aromatic heterocycles. The van der Waals surface area contributed by atoms with Crippen LogP contribution >= 0.6 is 15.9 Å². The summed E-state index contributed by atoms with van der Waals surface area (Å²) in [7, 11) is 0. The van der Waals surface area contributed by atoms with Gasteiger partial charge in [0.2, 0.25) is 5.91 Å². The summed E-state index contributed by atoms with van der Waals surface area (Å²) in [6.45, 7) is 4.81. The van der Waals surface area contributed by atoms with Crippen molar-refractivity contribution in [3.63, 3.8) is 0 Å². The van der Waals surface area contributed by atoms with E-state index in [0.29, 0.717) is 25.2 Å². The van der Waals surface area contributed by atoms with E-state index in [1.54, 1.807) is 23.1 Å². The molecule has 136 valence electrons. The number of nitrogens with zero attached hydrogens (tertiary/aromatic N) is 4. The van der Waals surface area contributed by atoms with Gasteiger partial charge in [-0.1, -0.05) is 12.1 Å². The molecule has 26 heavy (non-hydrogen) atoms. The second-order valence-electron chi connectivity index (χ2n) is 6.06. The van der Waals surface area contributed by atoms with Crippen molar-refractivity contribution in [1.29, 1.82) is 0 Å². The molecule has 0 bridgehead atoms. The van der Waals surface area contributed by atoms with Crippen molar-refractivity contribution >= 4 is 27.5 Å². The smallest absolute Gasteiger partial charge is 0.226 e. The van der Waals surface area contributed by atoms with Crippen molar-refractivity contribution in [3.8, 4) is 0 Å². The number of amides is 1. The first-order valence-corrected chi connectivity index (χ1v) is 8.98. The number of aromatic nitrogens is 4. The van der Waals surface area contributed by atoms with Gasteiger partial charge in [0.15, 0.2) is 0 Å². The maximum atomic E-state index is 13.2. The van der Waals surface area contributed by atoms with Crippen LogP contribution in [0.25, 0.3) is 0 Å². The summed E-state index contributed by atoms with van der Waals surface area (Å²) >= 11 is 3.48. The van der Waals surface area contributed by atoms with E-state index >= 15 is 0 Å². The minimum atomic E-state index is -0.279. The quantitative estimate of drug-likeness (QED) is 0.662. The molecule has 0 aliphatic rings. The average Bonchev–Trinajstić information content (AvgIpc) is 3.12. The van der Waals surface area contributed by atoms with Crippen molar-refractivity contribution in [3.05, 3.63) is 63.9 Å². The summed E-state index contributed by atoms with van der Waals surface area (Å²) in [5.41, 5.74) is 3.32. The maximum Gasteiger partial charge on any atom is 0.226 e. The average molecular weight is 420 g/mol. The second-order valence-corrected chi connectivity index (χ2v) is 6.86. The number of hydrogen-bond acceptors (Lipinski definition) is 3. The highest BCUT2D eigenvalue weighted by Crippen LogP contribution is 2.20. The normalized spacial score (nSPS) is 10.9. The number of halogens is 2. The Morgan fingerprint density at radius 3 is 2.85 bits per heavy atom. The van der Waals surface area contributed by atoms with Crippen molar-refractivity contribution in [2.45, 2.75) is 33.4 Å². The van der Waals surface area contributed by atoms with Crippen molar-refractivity contribution in [2.24, 2.45) is 0 Å². The Kier molecular flexibility index (Phi) is 5.51. The highest BCUT2D eigenvalue weighted by Gasteiger charge is 2.11. The first kappa shape index (κ1) is 18.3. The molecule has 3 rings (SSSR count). The van der Waals surface area contributed by atoms with Gasteiger partial charge in [-0.3, -0.25) is 14.2 Å². The summed E-state index contributed by atoms with van der Waals surface area (Å²) in [4.78, 5) is 12.2. The molecular weight excluding hydrogens is 401 g/mol. The largest absolute Gasteiger partial charge is 0.323 e.